The molecule has 4 saturated carbocycles. The summed E-state index contributed by atoms with van der Waals surface area (Å²) in [5.74, 6) is 2.76. The summed E-state index contributed by atoms with van der Waals surface area (Å²) in [6, 6.07) is 0. The van der Waals surface area contributed by atoms with E-state index in [1.54, 1.807) is 0 Å². The van der Waals surface area contributed by atoms with Crippen molar-refractivity contribution in [2.45, 2.75) is 105 Å². The molecule has 9 atom stereocenters. The first-order chi connectivity index (χ1) is 13.7. The monoisotopic (exact) mass is 400 g/mol. The topological polar surface area (TPSA) is 34.1 Å². The fourth-order valence-electron chi connectivity index (χ4n) is 10.1. The van der Waals surface area contributed by atoms with Crippen molar-refractivity contribution >= 4 is 12.6 Å². The van der Waals surface area contributed by atoms with Gasteiger partial charge in [0.05, 0.1) is 0 Å². The number of fused-ring (bicyclic) bond motifs is 5. The predicted molar refractivity (Wildman–Crippen MR) is 118 cm³/mol. The molecular formula is C27H44O2. The Kier molecular flexibility index (Phi) is 5.35. The summed E-state index contributed by atoms with van der Waals surface area (Å²) in [5.41, 5.74) is 0.965. The third kappa shape index (κ3) is 2.72. The Balaban J connectivity index is 1.73. The van der Waals surface area contributed by atoms with Gasteiger partial charge in [0, 0.05) is 11.3 Å². The largest absolute Gasteiger partial charge is 0.303 e. The molecule has 4 aliphatic carbocycles. The minimum Gasteiger partial charge on any atom is -0.303 e. The highest BCUT2D eigenvalue weighted by Crippen LogP contribution is 2.75. The molecule has 0 N–H and O–H groups in total. The molecule has 2 nitrogen and oxygen atoms in total. The normalized spacial score (nSPS) is 52.7. The zero-order valence-electron chi connectivity index (χ0n) is 19.6. The van der Waals surface area contributed by atoms with E-state index in [1.165, 1.54) is 70.4 Å². The maximum Gasteiger partial charge on any atom is 0.126 e. The van der Waals surface area contributed by atoms with Gasteiger partial charge < -0.3 is 9.59 Å². The van der Waals surface area contributed by atoms with E-state index in [-0.39, 0.29) is 16.7 Å². The molecule has 0 radical (unpaired) electrons. The van der Waals surface area contributed by atoms with Crippen molar-refractivity contribution in [2.24, 2.45) is 51.2 Å². The third-order valence-electron chi connectivity index (χ3n) is 11.6. The molecule has 0 aromatic rings. The van der Waals surface area contributed by atoms with Gasteiger partial charge in [-0.15, -0.1) is 0 Å². The number of aldehydes is 2. The Hall–Kier alpha value is -0.660. The molecular weight excluding hydrogens is 356 g/mol. The Morgan fingerprint density at radius 2 is 1.66 bits per heavy atom. The SMILES string of the molecule is CCCC1(C)C(C(C)C=O)CCC2(C)C1CCC1C3CCCC3(C=O)CC[C@]12C. The zero-order valence-corrected chi connectivity index (χ0v) is 19.6. The molecule has 0 bridgehead atoms. The highest BCUT2D eigenvalue weighted by atomic mass is 16.1. The first kappa shape index (κ1) is 21.6. The van der Waals surface area contributed by atoms with Gasteiger partial charge in [-0.2, -0.15) is 0 Å². The molecule has 0 saturated heterocycles. The van der Waals surface area contributed by atoms with E-state index >= 15 is 0 Å². The van der Waals surface area contributed by atoms with Crippen LogP contribution in [0.1, 0.15) is 105 Å². The van der Waals surface area contributed by atoms with Crippen LogP contribution in [0, 0.1) is 51.2 Å². The summed E-state index contributed by atoms with van der Waals surface area (Å²) in [5, 5.41) is 0. The Morgan fingerprint density at radius 3 is 2.31 bits per heavy atom. The maximum absolute atomic E-state index is 12.2. The second kappa shape index (κ2) is 7.20. The second-order valence-corrected chi connectivity index (χ2v) is 12.3. The van der Waals surface area contributed by atoms with Gasteiger partial charge in [-0.25, -0.2) is 0 Å². The van der Waals surface area contributed by atoms with E-state index in [9.17, 15) is 9.59 Å². The first-order valence-electron chi connectivity index (χ1n) is 12.6. The summed E-state index contributed by atoms with van der Waals surface area (Å²) < 4.78 is 0. The van der Waals surface area contributed by atoms with Crippen LogP contribution in [0.4, 0.5) is 0 Å². The van der Waals surface area contributed by atoms with Gasteiger partial charge in [-0.3, -0.25) is 0 Å². The van der Waals surface area contributed by atoms with E-state index in [2.05, 4.69) is 34.6 Å². The van der Waals surface area contributed by atoms with Crippen LogP contribution in [-0.4, -0.2) is 12.6 Å². The molecule has 4 rings (SSSR count). The quantitative estimate of drug-likeness (QED) is 0.473. The van der Waals surface area contributed by atoms with Crippen molar-refractivity contribution < 1.29 is 9.59 Å². The zero-order chi connectivity index (χ0) is 21.1. The lowest BCUT2D eigenvalue weighted by Crippen LogP contribution is -2.64. The van der Waals surface area contributed by atoms with Gasteiger partial charge in [0.25, 0.3) is 0 Å². The molecule has 0 spiro atoms. The van der Waals surface area contributed by atoms with Crippen molar-refractivity contribution in [3.8, 4) is 0 Å². The number of carbonyl (C=O) groups excluding carboxylic acids is 2. The molecule has 0 aromatic heterocycles. The lowest BCUT2D eigenvalue weighted by molar-refractivity contribution is -0.217. The smallest absolute Gasteiger partial charge is 0.126 e. The predicted octanol–water partition coefficient (Wildman–Crippen LogP) is 6.86. The van der Waals surface area contributed by atoms with E-state index in [4.69, 9.17) is 0 Å². The average molecular weight is 401 g/mol. The summed E-state index contributed by atoms with van der Waals surface area (Å²) >= 11 is 0. The van der Waals surface area contributed by atoms with Gasteiger partial charge in [0.1, 0.15) is 12.6 Å². The lowest BCUT2D eigenvalue weighted by atomic mass is 9.34. The molecule has 0 amide bonds. The number of hydrogen-bond donors (Lipinski definition) is 0. The summed E-state index contributed by atoms with van der Waals surface area (Å²) in [4.78, 5) is 24.0. The first-order valence-corrected chi connectivity index (χ1v) is 12.6. The molecule has 164 valence electrons. The van der Waals surface area contributed by atoms with Crippen molar-refractivity contribution in [1.29, 1.82) is 0 Å². The van der Waals surface area contributed by atoms with Gasteiger partial charge >= 0.3 is 0 Å². The minimum atomic E-state index is 0.00330. The minimum absolute atomic E-state index is 0.00330. The highest BCUT2D eigenvalue weighted by molar-refractivity contribution is 5.61. The van der Waals surface area contributed by atoms with E-state index in [0.29, 0.717) is 28.6 Å². The Morgan fingerprint density at radius 1 is 0.897 bits per heavy atom. The molecule has 4 aliphatic rings. The summed E-state index contributed by atoms with van der Waals surface area (Å²) in [6.45, 7) is 12.3. The van der Waals surface area contributed by atoms with Crippen LogP contribution in [0.5, 0.6) is 0 Å². The van der Waals surface area contributed by atoms with Gasteiger partial charge in [0.15, 0.2) is 0 Å². The van der Waals surface area contributed by atoms with Crippen LogP contribution in [-0.2, 0) is 9.59 Å². The van der Waals surface area contributed by atoms with Gasteiger partial charge in [0.2, 0.25) is 0 Å². The van der Waals surface area contributed by atoms with Crippen molar-refractivity contribution in [3.63, 3.8) is 0 Å². The van der Waals surface area contributed by atoms with Crippen LogP contribution >= 0.6 is 0 Å². The molecule has 0 heterocycles. The van der Waals surface area contributed by atoms with Crippen molar-refractivity contribution in [1.82, 2.24) is 0 Å². The highest BCUT2D eigenvalue weighted by Gasteiger charge is 2.68. The summed E-state index contributed by atoms with van der Waals surface area (Å²) in [6.07, 6.45) is 16.2. The lowest BCUT2D eigenvalue weighted by Gasteiger charge is -2.70. The number of hydrogen-bond acceptors (Lipinski definition) is 2. The van der Waals surface area contributed by atoms with Crippen LogP contribution in [0.3, 0.4) is 0 Å². The second-order valence-electron chi connectivity index (χ2n) is 12.3. The number of carbonyl (C=O) groups is 2. The molecule has 0 aromatic carbocycles. The summed E-state index contributed by atoms with van der Waals surface area (Å²) in [7, 11) is 0. The fourth-order valence-corrected chi connectivity index (χ4v) is 10.1. The van der Waals surface area contributed by atoms with Crippen LogP contribution in [0.2, 0.25) is 0 Å². The molecule has 0 aliphatic heterocycles. The molecule has 29 heavy (non-hydrogen) atoms. The maximum atomic E-state index is 12.2. The molecule has 8 unspecified atom stereocenters. The standard InChI is InChI=1S/C27H44O2/c1-6-12-24(3)20(19(2)17-28)11-14-26(5)23(24)10-9-21-22-8-7-13-27(22,18-29)16-15-25(21,26)4/h17-23H,6-16H2,1-5H3/t19?,20?,21?,22?,23?,24?,25-,26?,27?/m1/s1. The van der Waals surface area contributed by atoms with Crippen molar-refractivity contribution in [3.05, 3.63) is 0 Å². The van der Waals surface area contributed by atoms with E-state index in [0.717, 1.165) is 18.8 Å². The van der Waals surface area contributed by atoms with Gasteiger partial charge in [-0.1, -0.05) is 47.5 Å². The Labute approximate surface area is 179 Å². The van der Waals surface area contributed by atoms with Crippen LogP contribution in [0.25, 0.3) is 0 Å². The van der Waals surface area contributed by atoms with Crippen LogP contribution in [0.15, 0.2) is 0 Å². The van der Waals surface area contributed by atoms with Gasteiger partial charge in [-0.05, 0) is 97.7 Å². The molecule has 2 heteroatoms. The van der Waals surface area contributed by atoms with E-state index < -0.39 is 0 Å². The fraction of sp³-hybridized carbons (Fsp3) is 0.926. The average Bonchev–Trinajstić information content (AvgIpc) is 3.13. The number of rotatable bonds is 5. The third-order valence-corrected chi connectivity index (χ3v) is 11.6. The van der Waals surface area contributed by atoms with Crippen molar-refractivity contribution in [2.75, 3.05) is 0 Å². The van der Waals surface area contributed by atoms with Crippen LogP contribution < -0.4 is 0 Å². The Bertz CT molecular complexity index is 657. The molecule has 4 fully saturated rings. The van der Waals surface area contributed by atoms with E-state index in [1.807, 2.05) is 0 Å².